The highest BCUT2D eigenvalue weighted by molar-refractivity contribution is 7.22. The predicted molar refractivity (Wildman–Crippen MR) is 182 cm³/mol. The van der Waals surface area contributed by atoms with Crippen LogP contribution in [-0.4, -0.2) is 55.1 Å². The smallest absolute Gasteiger partial charge is 0.337 e. The van der Waals surface area contributed by atoms with Gasteiger partial charge >= 0.3 is 5.97 Å². The van der Waals surface area contributed by atoms with Crippen LogP contribution in [0.25, 0.3) is 21.5 Å². The van der Waals surface area contributed by atoms with Crippen LogP contribution in [0.2, 0.25) is 10.0 Å². The second-order valence-corrected chi connectivity index (χ2v) is 16.1. The molecule has 2 aliphatic heterocycles. The van der Waals surface area contributed by atoms with Gasteiger partial charge in [0.05, 0.1) is 45.6 Å². The maximum absolute atomic E-state index is 12.7. The van der Waals surface area contributed by atoms with Crippen molar-refractivity contribution < 1.29 is 23.5 Å². The summed E-state index contributed by atoms with van der Waals surface area (Å²) in [7, 11) is 1.45. The Labute approximate surface area is 287 Å². The molecule has 8 nitrogen and oxygen atoms in total. The van der Waals surface area contributed by atoms with Crippen molar-refractivity contribution in [2.75, 3.05) is 31.8 Å². The number of anilines is 1. The summed E-state index contributed by atoms with van der Waals surface area (Å²) >= 11 is 14.9. The first-order chi connectivity index (χ1) is 22.9. The van der Waals surface area contributed by atoms with Crippen molar-refractivity contribution in [1.29, 1.82) is 0 Å². The van der Waals surface area contributed by atoms with E-state index in [0.29, 0.717) is 62.7 Å². The summed E-state index contributed by atoms with van der Waals surface area (Å²) in [4.78, 5) is 20.4. The van der Waals surface area contributed by atoms with Crippen molar-refractivity contribution in [2.24, 2.45) is 11.3 Å². The van der Waals surface area contributed by atoms with Gasteiger partial charge in [0, 0.05) is 48.8 Å². The van der Waals surface area contributed by atoms with E-state index in [2.05, 4.69) is 10.1 Å². The molecule has 0 radical (unpaired) electrons. The van der Waals surface area contributed by atoms with Crippen LogP contribution < -0.4 is 4.90 Å². The van der Waals surface area contributed by atoms with Crippen LogP contribution in [-0.2, 0) is 20.8 Å². The van der Waals surface area contributed by atoms with Gasteiger partial charge in [0.2, 0.25) is 0 Å². The maximum Gasteiger partial charge on any atom is 0.337 e. The average molecular weight is 695 g/mol. The number of thiazole rings is 1. The fourth-order valence-corrected chi connectivity index (χ4v) is 10.4. The molecule has 0 unspecified atom stereocenters. The van der Waals surface area contributed by atoms with Crippen molar-refractivity contribution in [2.45, 2.75) is 82.0 Å². The summed E-state index contributed by atoms with van der Waals surface area (Å²) in [5, 5.41) is 6.60. The maximum atomic E-state index is 12.7. The number of carbonyl (C=O) groups excluding carboxylic acids is 1. The summed E-state index contributed by atoms with van der Waals surface area (Å²) in [6.07, 6.45) is 8.89. The Bertz CT molecular complexity index is 1840. The molecule has 1 spiro atoms. The van der Waals surface area contributed by atoms with Crippen LogP contribution in [0.1, 0.15) is 90.4 Å². The summed E-state index contributed by atoms with van der Waals surface area (Å²) in [6, 6.07) is 9.88. The van der Waals surface area contributed by atoms with Gasteiger partial charge in [0.25, 0.3) is 0 Å². The second-order valence-electron chi connectivity index (χ2n) is 14.2. The summed E-state index contributed by atoms with van der Waals surface area (Å²) in [6.45, 7) is 3.04. The van der Waals surface area contributed by atoms with E-state index in [1.54, 1.807) is 11.3 Å². The number of nitrogens with zero attached hydrogens (tertiary/aromatic N) is 3. The molecule has 3 saturated carbocycles. The average Bonchev–Trinajstić information content (AvgIpc) is 3.37. The van der Waals surface area contributed by atoms with E-state index in [1.807, 2.05) is 30.3 Å². The van der Waals surface area contributed by atoms with E-state index in [0.717, 1.165) is 97.8 Å². The number of hydrogen-bond acceptors (Lipinski definition) is 9. The number of halogens is 2. The standard InChI is InChI=1S/C36H37Cl2N3O5S/c1-43-34(42)20-12-24(22-15-36(16-22)7-9-44-10-8-36)31-29(13-20)47-35(39-31)41-17-21-11-23(41)14-28(21)45-18-25-32(40-46-33(25)19-5-6-19)30-26(37)3-2-4-27(30)38/h2-4,12-13,19,21-23,28H,5-11,14-18H2,1H3/t21-,23-,28+/m0/s1. The minimum absolute atomic E-state index is 0.147. The van der Waals surface area contributed by atoms with Crippen LogP contribution in [0.15, 0.2) is 34.9 Å². The van der Waals surface area contributed by atoms with Crippen LogP contribution in [0.3, 0.4) is 0 Å². The molecule has 3 atom stereocenters. The zero-order valence-corrected chi connectivity index (χ0v) is 28.6. The van der Waals surface area contributed by atoms with Gasteiger partial charge in [-0.25, -0.2) is 9.78 Å². The molecule has 11 heteroatoms. The van der Waals surface area contributed by atoms with E-state index >= 15 is 0 Å². The number of methoxy groups -OCH3 is 1. The molecule has 246 valence electrons. The molecule has 5 aliphatic rings. The number of fused-ring (bicyclic) bond motifs is 3. The number of rotatable bonds is 8. The number of ether oxygens (including phenoxy) is 3. The van der Waals surface area contributed by atoms with E-state index < -0.39 is 0 Å². The Kier molecular flexibility index (Phi) is 7.58. The third-order valence-electron chi connectivity index (χ3n) is 11.4. The Hall–Kier alpha value is -2.69. The predicted octanol–water partition coefficient (Wildman–Crippen LogP) is 8.78. The van der Waals surface area contributed by atoms with Crippen molar-refractivity contribution in [1.82, 2.24) is 10.1 Å². The molecule has 2 aromatic heterocycles. The lowest BCUT2D eigenvalue weighted by Crippen LogP contribution is -2.40. The van der Waals surface area contributed by atoms with Gasteiger partial charge in [-0.3, -0.25) is 0 Å². The van der Waals surface area contributed by atoms with Gasteiger partial charge in [-0.05, 0) is 92.5 Å². The summed E-state index contributed by atoms with van der Waals surface area (Å²) < 4.78 is 24.4. The molecule has 2 bridgehead atoms. The lowest BCUT2D eigenvalue weighted by Gasteiger charge is -2.50. The molecule has 4 heterocycles. The number of piperidine rings is 1. The monoisotopic (exact) mass is 693 g/mol. The molecule has 0 N–H and O–H groups in total. The van der Waals surface area contributed by atoms with Gasteiger partial charge in [0.1, 0.15) is 11.5 Å². The van der Waals surface area contributed by atoms with E-state index in [1.165, 1.54) is 12.7 Å². The number of benzene rings is 2. The molecule has 2 aromatic carbocycles. The van der Waals surface area contributed by atoms with Gasteiger partial charge in [-0.1, -0.05) is 45.8 Å². The fraction of sp³-hybridized carbons (Fsp3) is 0.528. The van der Waals surface area contributed by atoms with Crippen molar-refractivity contribution in [3.8, 4) is 11.3 Å². The summed E-state index contributed by atoms with van der Waals surface area (Å²) in [5.41, 5.74) is 5.61. The van der Waals surface area contributed by atoms with E-state index in [9.17, 15) is 4.79 Å². The van der Waals surface area contributed by atoms with E-state index in [4.69, 9.17) is 46.9 Å². The fourth-order valence-electron chi connectivity index (χ4n) is 8.71. The molecule has 2 saturated heterocycles. The number of carbonyl (C=O) groups is 1. The van der Waals surface area contributed by atoms with Crippen LogP contribution in [0.5, 0.6) is 0 Å². The van der Waals surface area contributed by atoms with Crippen LogP contribution in [0.4, 0.5) is 5.13 Å². The molecule has 4 aromatic rings. The minimum Gasteiger partial charge on any atom is -0.465 e. The number of hydrogen-bond donors (Lipinski definition) is 0. The Morgan fingerprint density at radius 2 is 1.89 bits per heavy atom. The summed E-state index contributed by atoms with van der Waals surface area (Å²) in [5.74, 6) is 1.82. The number of esters is 1. The first-order valence-electron chi connectivity index (χ1n) is 16.8. The Morgan fingerprint density at radius 1 is 1.11 bits per heavy atom. The largest absolute Gasteiger partial charge is 0.465 e. The minimum atomic E-state index is -0.291. The van der Waals surface area contributed by atoms with Gasteiger partial charge in [-0.2, -0.15) is 0 Å². The number of aromatic nitrogens is 2. The highest BCUT2D eigenvalue weighted by Gasteiger charge is 2.48. The van der Waals surface area contributed by atoms with E-state index in [-0.39, 0.29) is 12.1 Å². The quantitative estimate of drug-likeness (QED) is 0.169. The molecule has 9 rings (SSSR count). The van der Waals surface area contributed by atoms with Crippen LogP contribution >= 0.6 is 34.5 Å². The molecule has 5 fully saturated rings. The zero-order chi connectivity index (χ0) is 31.9. The molecular formula is C36H37Cl2N3O5S. The van der Waals surface area contributed by atoms with Gasteiger partial charge in [-0.15, -0.1) is 0 Å². The zero-order valence-electron chi connectivity index (χ0n) is 26.3. The van der Waals surface area contributed by atoms with Crippen LogP contribution in [0, 0.1) is 11.3 Å². The van der Waals surface area contributed by atoms with Gasteiger partial charge in [0.15, 0.2) is 5.13 Å². The first kappa shape index (κ1) is 30.4. The first-order valence-corrected chi connectivity index (χ1v) is 18.4. The SMILES string of the molecule is COC(=O)c1cc(C2CC3(CCOCC3)C2)c2nc(N3C[C@@H]4C[C@H]3C[C@H]4OCc3c(-c4c(Cl)cccc4Cl)noc3C3CC3)sc2c1. The van der Waals surface area contributed by atoms with Crippen molar-refractivity contribution in [3.05, 3.63) is 62.8 Å². The highest BCUT2D eigenvalue weighted by Crippen LogP contribution is 2.58. The molecule has 0 amide bonds. The third-order valence-corrected chi connectivity index (χ3v) is 13.1. The Balaban J connectivity index is 0.935. The third kappa shape index (κ3) is 5.28. The van der Waals surface area contributed by atoms with Crippen molar-refractivity contribution in [3.63, 3.8) is 0 Å². The lowest BCUT2D eigenvalue weighted by atomic mass is 9.56. The highest BCUT2D eigenvalue weighted by atomic mass is 35.5. The second kappa shape index (κ2) is 11.7. The topological polar surface area (TPSA) is 86.9 Å². The lowest BCUT2D eigenvalue weighted by molar-refractivity contribution is -0.0395. The molecule has 47 heavy (non-hydrogen) atoms. The van der Waals surface area contributed by atoms with Gasteiger partial charge < -0.3 is 23.6 Å². The molecule has 3 aliphatic carbocycles. The van der Waals surface area contributed by atoms with Crippen molar-refractivity contribution >= 4 is 55.9 Å². The Morgan fingerprint density at radius 3 is 2.60 bits per heavy atom. The molecular weight excluding hydrogens is 657 g/mol. The normalized spacial score (nSPS) is 25.2.